The van der Waals surface area contributed by atoms with E-state index >= 15 is 0 Å². The molecule has 1 aromatic heterocycles. The van der Waals surface area contributed by atoms with Crippen LogP contribution in [0.15, 0.2) is 18.5 Å². The lowest BCUT2D eigenvalue weighted by Crippen LogP contribution is -2.52. The first-order chi connectivity index (χ1) is 9.20. The molecule has 19 heavy (non-hydrogen) atoms. The molecule has 7 nitrogen and oxygen atoms in total. The third-order valence-corrected chi connectivity index (χ3v) is 3.29. The van der Waals surface area contributed by atoms with Crippen LogP contribution in [0.5, 0.6) is 0 Å². The molecule has 0 aromatic carbocycles. The number of likely N-dealkylation sites (N-methyl/N-ethyl adjacent to an activating group) is 1. The van der Waals surface area contributed by atoms with Gasteiger partial charge in [-0.15, -0.1) is 0 Å². The molecule has 1 atom stereocenters. The first-order valence-electron chi connectivity index (χ1n) is 6.35. The van der Waals surface area contributed by atoms with Crippen molar-refractivity contribution in [2.45, 2.75) is 6.04 Å². The van der Waals surface area contributed by atoms with E-state index in [1.807, 2.05) is 0 Å². The van der Waals surface area contributed by atoms with Crippen molar-refractivity contribution < 1.29 is 9.90 Å². The van der Waals surface area contributed by atoms with Crippen LogP contribution in [0.2, 0.25) is 0 Å². The van der Waals surface area contributed by atoms with E-state index in [0.29, 0.717) is 6.54 Å². The third-order valence-electron chi connectivity index (χ3n) is 3.29. The molecule has 2 rings (SSSR count). The SMILES string of the molecule is CNC(CN1CCN(c2ncccn2)CC1)C(=O)O. The number of aromatic nitrogens is 2. The fourth-order valence-electron chi connectivity index (χ4n) is 2.14. The number of carboxylic acids is 1. The fraction of sp³-hybridized carbons (Fsp3) is 0.583. The predicted octanol–water partition coefficient (Wildman–Crippen LogP) is -0.729. The van der Waals surface area contributed by atoms with Crippen molar-refractivity contribution >= 4 is 11.9 Å². The molecule has 1 aliphatic rings. The average Bonchev–Trinajstić information content (AvgIpc) is 2.46. The van der Waals surface area contributed by atoms with Crippen LogP contribution < -0.4 is 10.2 Å². The zero-order chi connectivity index (χ0) is 13.7. The lowest BCUT2D eigenvalue weighted by atomic mass is 10.2. The molecule has 0 aliphatic carbocycles. The summed E-state index contributed by atoms with van der Waals surface area (Å²) in [6.45, 7) is 3.81. The Kier molecular flexibility index (Phi) is 4.64. The molecule has 2 heterocycles. The number of carboxylic acid groups (broad SMARTS) is 1. The summed E-state index contributed by atoms with van der Waals surface area (Å²) in [5.74, 6) is -0.0677. The summed E-state index contributed by atoms with van der Waals surface area (Å²) in [6, 6.07) is 1.28. The molecule has 0 saturated carbocycles. The van der Waals surface area contributed by atoms with Crippen molar-refractivity contribution in [1.29, 1.82) is 0 Å². The molecule has 0 radical (unpaired) electrons. The second kappa shape index (κ2) is 6.44. The Bertz CT molecular complexity index is 406. The highest BCUT2D eigenvalue weighted by Gasteiger charge is 2.23. The van der Waals surface area contributed by atoms with Gasteiger partial charge in [0.25, 0.3) is 0 Å². The lowest BCUT2D eigenvalue weighted by Gasteiger charge is -2.35. The van der Waals surface area contributed by atoms with E-state index in [1.165, 1.54) is 0 Å². The second-order valence-electron chi connectivity index (χ2n) is 4.52. The molecule has 0 amide bonds. The summed E-state index contributed by atoms with van der Waals surface area (Å²) in [4.78, 5) is 23.7. The first-order valence-corrected chi connectivity index (χ1v) is 6.35. The molecule has 7 heteroatoms. The van der Waals surface area contributed by atoms with Gasteiger partial charge in [-0.05, 0) is 13.1 Å². The van der Waals surface area contributed by atoms with Crippen LogP contribution in [0.25, 0.3) is 0 Å². The predicted molar refractivity (Wildman–Crippen MR) is 71.2 cm³/mol. The van der Waals surface area contributed by atoms with Gasteiger partial charge in [-0.1, -0.05) is 0 Å². The van der Waals surface area contributed by atoms with E-state index < -0.39 is 12.0 Å². The van der Waals surface area contributed by atoms with Gasteiger partial charge < -0.3 is 15.3 Å². The van der Waals surface area contributed by atoms with Gasteiger partial charge in [-0.2, -0.15) is 0 Å². The number of piperazine rings is 1. The maximum absolute atomic E-state index is 11.0. The number of nitrogens with zero attached hydrogens (tertiary/aromatic N) is 4. The summed E-state index contributed by atoms with van der Waals surface area (Å²) in [5.41, 5.74) is 0. The average molecular weight is 265 g/mol. The van der Waals surface area contributed by atoms with Crippen LogP contribution in [0.4, 0.5) is 5.95 Å². The quantitative estimate of drug-likeness (QED) is 0.726. The molecule has 104 valence electrons. The van der Waals surface area contributed by atoms with Crippen molar-refractivity contribution in [3.8, 4) is 0 Å². The van der Waals surface area contributed by atoms with E-state index in [9.17, 15) is 4.79 Å². The Morgan fingerprint density at radius 2 is 2.00 bits per heavy atom. The maximum Gasteiger partial charge on any atom is 0.322 e. The first kappa shape index (κ1) is 13.7. The zero-order valence-corrected chi connectivity index (χ0v) is 11.0. The molecule has 0 bridgehead atoms. The van der Waals surface area contributed by atoms with E-state index in [0.717, 1.165) is 32.1 Å². The molecule has 1 aromatic rings. The third kappa shape index (κ3) is 3.62. The Labute approximate surface area is 112 Å². The maximum atomic E-state index is 11.0. The largest absolute Gasteiger partial charge is 0.480 e. The van der Waals surface area contributed by atoms with Gasteiger partial charge >= 0.3 is 5.97 Å². The zero-order valence-electron chi connectivity index (χ0n) is 11.0. The number of carbonyl (C=O) groups is 1. The monoisotopic (exact) mass is 265 g/mol. The molecule has 1 aliphatic heterocycles. The molecule has 0 spiro atoms. The highest BCUT2D eigenvalue weighted by atomic mass is 16.4. The molecular formula is C12H19N5O2. The number of anilines is 1. The Balaban J connectivity index is 1.84. The number of hydrogen-bond acceptors (Lipinski definition) is 6. The highest BCUT2D eigenvalue weighted by Crippen LogP contribution is 2.09. The van der Waals surface area contributed by atoms with Crippen molar-refractivity contribution in [1.82, 2.24) is 20.2 Å². The molecule has 1 unspecified atom stereocenters. The summed E-state index contributed by atoms with van der Waals surface area (Å²) in [5, 5.41) is 11.8. The van der Waals surface area contributed by atoms with Gasteiger partial charge in [0.05, 0.1) is 0 Å². The molecular weight excluding hydrogens is 246 g/mol. The Morgan fingerprint density at radius 3 is 2.53 bits per heavy atom. The minimum Gasteiger partial charge on any atom is -0.480 e. The highest BCUT2D eigenvalue weighted by molar-refractivity contribution is 5.73. The van der Waals surface area contributed by atoms with Crippen LogP contribution in [-0.4, -0.2) is 71.8 Å². The van der Waals surface area contributed by atoms with E-state index in [-0.39, 0.29) is 0 Å². The van der Waals surface area contributed by atoms with Gasteiger partial charge in [0.1, 0.15) is 6.04 Å². The normalized spacial score (nSPS) is 18.3. The summed E-state index contributed by atoms with van der Waals surface area (Å²) in [6.07, 6.45) is 3.46. The number of aliphatic carboxylic acids is 1. The van der Waals surface area contributed by atoms with E-state index in [2.05, 4.69) is 25.1 Å². The minimum atomic E-state index is -0.809. The van der Waals surface area contributed by atoms with Crippen LogP contribution in [0.1, 0.15) is 0 Å². The number of hydrogen-bond donors (Lipinski definition) is 2. The van der Waals surface area contributed by atoms with Gasteiger partial charge in [-0.3, -0.25) is 9.69 Å². The van der Waals surface area contributed by atoms with E-state index in [1.54, 1.807) is 25.5 Å². The number of nitrogens with one attached hydrogen (secondary N) is 1. The van der Waals surface area contributed by atoms with Crippen LogP contribution in [0.3, 0.4) is 0 Å². The second-order valence-corrected chi connectivity index (χ2v) is 4.52. The molecule has 2 N–H and O–H groups in total. The van der Waals surface area contributed by atoms with Crippen molar-refractivity contribution in [3.63, 3.8) is 0 Å². The summed E-state index contributed by atoms with van der Waals surface area (Å²) < 4.78 is 0. The van der Waals surface area contributed by atoms with Gasteiger partial charge in [0, 0.05) is 45.1 Å². The Morgan fingerprint density at radius 1 is 1.37 bits per heavy atom. The Hall–Kier alpha value is -1.73. The fourth-order valence-corrected chi connectivity index (χ4v) is 2.14. The van der Waals surface area contributed by atoms with Crippen molar-refractivity contribution in [2.75, 3.05) is 44.7 Å². The van der Waals surface area contributed by atoms with Crippen LogP contribution in [0, 0.1) is 0 Å². The van der Waals surface area contributed by atoms with Crippen LogP contribution >= 0.6 is 0 Å². The summed E-state index contributed by atoms with van der Waals surface area (Å²) >= 11 is 0. The minimum absolute atomic E-state index is 0.514. The molecule has 1 fully saturated rings. The molecule has 1 saturated heterocycles. The van der Waals surface area contributed by atoms with Gasteiger partial charge in [0.2, 0.25) is 5.95 Å². The van der Waals surface area contributed by atoms with Gasteiger partial charge in [-0.25, -0.2) is 9.97 Å². The van der Waals surface area contributed by atoms with Crippen LogP contribution in [-0.2, 0) is 4.79 Å². The lowest BCUT2D eigenvalue weighted by molar-refractivity contribution is -0.139. The number of rotatable bonds is 5. The standard InChI is InChI=1S/C12H19N5O2/c1-13-10(11(18)19)9-16-5-7-17(8-6-16)12-14-3-2-4-15-12/h2-4,10,13H,5-9H2,1H3,(H,18,19). The topological polar surface area (TPSA) is 81.6 Å². The van der Waals surface area contributed by atoms with Crippen molar-refractivity contribution in [2.24, 2.45) is 0 Å². The summed E-state index contributed by atoms with van der Waals surface area (Å²) in [7, 11) is 1.67. The van der Waals surface area contributed by atoms with Gasteiger partial charge in [0.15, 0.2) is 0 Å². The van der Waals surface area contributed by atoms with E-state index in [4.69, 9.17) is 5.11 Å². The van der Waals surface area contributed by atoms with Crippen molar-refractivity contribution in [3.05, 3.63) is 18.5 Å². The smallest absolute Gasteiger partial charge is 0.322 e.